The standard InChI is InChI=1S/C11H10Cl2N2/c1-8(7-12)6-9-11(13)14-10-4-2-3-5-15(9)10/h2-6H,7H2,1H3. The van der Waals surface area contributed by atoms with E-state index in [1.807, 2.05) is 41.8 Å². The van der Waals surface area contributed by atoms with E-state index in [0.717, 1.165) is 16.9 Å². The second-order valence-electron chi connectivity index (χ2n) is 3.34. The highest BCUT2D eigenvalue weighted by molar-refractivity contribution is 6.31. The molecule has 0 N–H and O–H groups in total. The zero-order valence-electron chi connectivity index (χ0n) is 8.24. The number of fused-ring (bicyclic) bond motifs is 1. The Labute approximate surface area is 98.1 Å². The number of hydrogen-bond acceptors (Lipinski definition) is 1. The third-order valence-corrected chi connectivity index (χ3v) is 2.82. The fourth-order valence-corrected chi connectivity index (χ4v) is 1.70. The number of hydrogen-bond donors (Lipinski definition) is 0. The van der Waals surface area contributed by atoms with Crippen molar-refractivity contribution in [2.24, 2.45) is 0 Å². The van der Waals surface area contributed by atoms with Crippen LogP contribution in [0.5, 0.6) is 0 Å². The van der Waals surface area contributed by atoms with Crippen molar-refractivity contribution in [3.8, 4) is 0 Å². The molecule has 0 aliphatic carbocycles. The first kappa shape index (κ1) is 10.5. The summed E-state index contributed by atoms with van der Waals surface area (Å²) in [6.45, 7) is 1.96. The second kappa shape index (κ2) is 4.25. The summed E-state index contributed by atoms with van der Waals surface area (Å²) in [5.41, 5.74) is 2.78. The molecule has 0 bridgehead atoms. The minimum atomic E-state index is 0.496. The lowest BCUT2D eigenvalue weighted by atomic mass is 10.3. The third kappa shape index (κ3) is 2.01. The van der Waals surface area contributed by atoms with Gasteiger partial charge in [-0.3, -0.25) is 4.40 Å². The molecule has 0 aliphatic rings. The van der Waals surface area contributed by atoms with E-state index in [1.165, 1.54) is 0 Å². The molecule has 2 heterocycles. The minimum absolute atomic E-state index is 0.496. The number of alkyl halides is 1. The Morgan fingerprint density at radius 3 is 3.07 bits per heavy atom. The van der Waals surface area contributed by atoms with Gasteiger partial charge in [-0.15, -0.1) is 11.6 Å². The molecular formula is C11H10Cl2N2. The molecule has 78 valence electrons. The first-order valence-corrected chi connectivity index (χ1v) is 5.49. The quantitative estimate of drug-likeness (QED) is 0.734. The lowest BCUT2D eigenvalue weighted by Gasteiger charge is -1.97. The molecule has 0 radical (unpaired) electrons. The maximum absolute atomic E-state index is 6.05. The van der Waals surface area contributed by atoms with Crippen molar-refractivity contribution in [2.75, 3.05) is 5.88 Å². The largest absolute Gasteiger partial charge is 0.299 e. The Morgan fingerprint density at radius 2 is 2.33 bits per heavy atom. The van der Waals surface area contributed by atoms with Crippen molar-refractivity contribution in [3.63, 3.8) is 0 Å². The maximum atomic E-state index is 6.05. The number of nitrogens with zero attached hydrogens (tertiary/aromatic N) is 2. The second-order valence-corrected chi connectivity index (χ2v) is 3.97. The fourth-order valence-electron chi connectivity index (χ4n) is 1.39. The summed E-state index contributed by atoms with van der Waals surface area (Å²) in [6.07, 6.45) is 3.89. The number of pyridine rings is 1. The van der Waals surface area contributed by atoms with Crippen LogP contribution in [-0.2, 0) is 0 Å². The molecule has 0 aliphatic heterocycles. The van der Waals surface area contributed by atoms with Crippen molar-refractivity contribution >= 4 is 34.9 Å². The lowest BCUT2D eigenvalue weighted by molar-refractivity contribution is 1.16. The first-order chi connectivity index (χ1) is 7.22. The maximum Gasteiger partial charge on any atom is 0.155 e. The van der Waals surface area contributed by atoms with E-state index in [1.54, 1.807) is 0 Å². The van der Waals surface area contributed by atoms with Gasteiger partial charge in [-0.2, -0.15) is 0 Å². The molecule has 0 fully saturated rings. The Balaban J connectivity index is 2.64. The van der Waals surface area contributed by atoms with Gasteiger partial charge in [-0.05, 0) is 25.1 Å². The number of imidazole rings is 1. The van der Waals surface area contributed by atoms with Crippen LogP contribution in [0, 0.1) is 0 Å². The highest BCUT2D eigenvalue weighted by Crippen LogP contribution is 2.20. The van der Waals surface area contributed by atoms with E-state index >= 15 is 0 Å². The van der Waals surface area contributed by atoms with Crippen LogP contribution in [0.25, 0.3) is 11.7 Å². The molecular weight excluding hydrogens is 231 g/mol. The highest BCUT2D eigenvalue weighted by atomic mass is 35.5. The van der Waals surface area contributed by atoms with Gasteiger partial charge in [0.1, 0.15) is 5.65 Å². The first-order valence-electron chi connectivity index (χ1n) is 4.58. The van der Waals surface area contributed by atoms with E-state index in [0.29, 0.717) is 11.0 Å². The molecule has 0 amide bonds. The summed E-state index contributed by atoms with van der Waals surface area (Å²) in [6, 6.07) is 5.79. The van der Waals surface area contributed by atoms with E-state index < -0.39 is 0 Å². The van der Waals surface area contributed by atoms with Crippen LogP contribution < -0.4 is 0 Å². The predicted molar refractivity (Wildman–Crippen MR) is 64.6 cm³/mol. The van der Waals surface area contributed by atoms with Crippen molar-refractivity contribution < 1.29 is 0 Å². The van der Waals surface area contributed by atoms with Crippen LogP contribution >= 0.6 is 23.2 Å². The van der Waals surface area contributed by atoms with Gasteiger partial charge >= 0.3 is 0 Å². The predicted octanol–water partition coefficient (Wildman–Crippen LogP) is 3.63. The van der Waals surface area contributed by atoms with Gasteiger partial charge in [0.15, 0.2) is 5.15 Å². The molecule has 2 aromatic rings. The number of halogens is 2. The van der Waals surface area contributed by atoms with Gasteiger partial charge in [0.2, 0.25) is 0 Å². The summed E-state index contributed by atoms with van der Waals surface area (Å²) in [4.78, 5) is 4.24. The summed E-state index contributed by atoms with van der Waals surface area (Å²) in [5, 5.41) is 0.505. The van der Waals surface area contributed by atoms with Gasteiger partial charge in [-0.1, -0.05) is 23.2 Å². The Bertz CT molecular complexity index is 514. The normalized spacial score (nSPS) is 12.3. The zero-order chi connectivity index (χ0) is 10.8. The summed E-state index contributed by atoms with van der Waals surface area (Å²) in [5.74, 6) is 0.496. The van der Waals surface area contributed by atoms with Crippen molar-refractivity contribution in [2.45, 2.75) is 6.92 Å². The van der Waals surface area contributed by atoms with Crippen LogP contribution in [-0.4, -0.2) is 15.3 Å². The van der Waals surface area contributed by atoms with Gasteiger partial charge in [-0.25, -0.2) is 4.98 Å². The van der Waals surface area contributed by atoms with Crippen LogP contribution in [0.1, 0.15) is 12.6 Å². The molecule has 0 atom stereocenters. The van der Waals surface area contributed by atoms with Crippen LogP contribution in [0.3, 0.4) is 0 Å². The molecule has 0 unspecified atom stereocenters. The molecule has 0 aromatic carbocycles. The van der Waals surface area contributed by atoms with E-state index in [2.05, 4.69) is 4.98 Å². The smallest absolute Gasteiger partial charge is 0.155 e. The van der Waals surface area contributed by atoms with Crippen LogP contribution in [0.2, 0.25) is 5.15 Å². The van der Waals surface area contributed by atoms with Gasteiger partial charge < -0.3 is 0 Å². The SMILES string of the molecule is CC(=Cc1c(Cl)nc2ccccn12)CCl. The molecule has 2 rings (SSSR count). The monoisotopic (exact) mass is 240 g/mol. The number of rotatable bonds is 2. The average Bonchev–Trinajstić information content (AvgIpc) is 2.55. The molecule has 15 heavy (non-hydrogen) atoms. The Morgan fingerprint density at radius 1 is 1.53 bits per heavy atom. The molecule has 0 saturated heterocycles. The van der Waals surface area contributed by atoms with E-state index in [-0.39, 0.29) is 0 Å². The van der Waals surface area contributed by atoms with Crippen molar-refractivity contribution in [1.82, 2.24) is 9.38 Å². The topological polar surface area (TPSA) is 17.3 Å². The molecule has 2 aromatic heterocycles. The summed E-state index contributed by atoms with van der Waals surface area (Å²) >= 11 is 11.8. The van der Waals surface area contributed by atoms with Crippen molar-refractivity contribution in [1.29, 1.82) is 0 Å². The zero-order valence-corrected chi connectivity index (χ0v) is 9.76. The molecule has 0 spiro atoms. The number of allylic oxidation sites excluding steroid dienone is 1. The van der Waals surface area contributed by atoms with E-state index in [4.69, 9.17) is 23.2 Å². The van der Waals surface area contributed by atoms with Gasteiger partial charge in [0.25, 0.3) is 0 Å². The molecule has 4 heteroatoms. The lowest BCUT2D eigenvalue weighted by Crippen LogP contribution is -1.87. The van der Waals surface area contributed by atoms with Crippen molar-refractivity contribution in [3.05, 3.63) is 40.8 Å². The highest BCUT2D eigenvalue weighted by Gasteiger charge is 2.06. The number of aromatic nitrogens is 2. The average molecular weight is 241 g/mol. The summed E-state index contributed by atoms with van der Waals surface area (Å²) < 4.78 is 1.94. The molecule has 0 saturated carbocycles. The van der Waals surface area contributed by atoms with E-state index in [9.17, 15) is 0 Å². The minimum Gasteiger partial charge on any atom is -0.299 e. The van der Waals surface area contributed by atoms with Gasteiger partial charge in [0.05, 0.1) is 5.69 Å². The molecule has 2 nitrogen and oxygen atoms in total. The third-order valence-electron chi connectivity index (χ3n) is 2.12. The summed E-state index contributed by atoms with van der Waals surface area (Å²) in [7, 11) is 0. The van der Waals surface area contributed by atoms with Crippen LogP contribution in [0.4, 0.5) is 0 Å². The van der Waals surface area contributed by atoms with Gasteiger partial charge in [0, 0.05) is 12.1 Å². The van der Waals surface area contributed by atoms with Crippen LogP contribution in [0.15, 0.2) is 30.0 Å². The Hall–Kier alpha value is -0.990. The Kier molecular flexibility index (Phi) is 2.98. The fraction of sp³-hybridized carbons (Fsp3) is 0.182.